The van der Waals surface area contributed by atoms with Gasteiger partial charge in [0.05, 0.1) is 25.1 Å². The van der Waals surface area contributed by atoms with E-state index in [0.29, 0.717) is 5.56 Å². The molecule has 0 nitrogen and oxygen atoms in total. The fourth-order valence-corrected chi connectivity index (χ4v) is 4.62. The molecule has 1 atom stereocenters. The third-order valence-corrected chi connectivity index (χ3v) is 6.94. The predicted molar refractivity (Wildman–Crippen MR) is 104 cm³/mol. The lowest BCUT2D eigenvalue weighted by atomic mass is 10.0. The maximum atomic E-state index is 6.32. The summed E-state index contributed by atoms with van der Waals surface area (Å²) in [6.45, 7) is 1.95. The minimum atomic E-state index is -0.693. The smallest absolute Gasteiger partial charge is 0.0809 e. The molecule has 1 unspecified atom stereocenters. The zero-order valence-corrected chi connectivity index (χ0v) is 16.7. The quantitative estimate of drug-likeness (QED) is 0.224. The van der Waals surface area contributed by atoms with Gasteiger partial charge >= 0.3 is 0 Å². The first kappa shape index (κ1) is 18.2. The molecule has 2 aromatic carbocycles. The number of benzene rings is 2. The molecule has 0 radical (unpaired) electrons. The second-order valence-corrected chi connectivity index (χ2v) is 9.86. The highest BCUT2D eigenvalue weighted by atomic mass is 35.5. The molecule has 21 heavy (non-hydrogen) atoms. The Morgan fingerprint density at radius 3 is 1.86 bits per heavy atom. The van der Waals surface area contributed by atoms with Crippen LogP contribution in [0.2, 0.25) is 25.1 Å². The van der Waals surface area contributed by atoms with Crippen molar-refractivity contribution in [1.82, 2.24) is 0 Å². The van der Waals surface area contributed by atoms with Gasteiger partial charge in [0.25, 0.3) is 0 Å². The molecule has 0 amide bonds. The number of hydrogen-bond donors (Lipinski definition) is 1. The van der Waals surface area contributed by atoms with Gasteiger partial charge in [0.15, 0.2) is 0 Å². The van der Waals surface area contributed by atoms with Crippen LogP contribution < -0.4 is 0 Å². The molecule has 0 N–H and O–H groups in total. The summed E-state index contributed by atoms with van der Waals surface area (Å²) in [5.41, 5.74) is 2.31. The lowest BCUT2D eigenvalue weighted by Gasteiger charge is -2.16. The van der Waals surface area contributed by atoms with Crippen LogP contribution >= 0.6 is 69.7 Å². The molecule has 0 saturated heterocycles. The van der Waals surface area contributed by atoms with E-state index in [0.717, 1.165) is 16.0 Å². The fourth-order valence-electron chi connectivity index (χ4n) is 1.83. The third-order valence-electron chi connectivity index (χ3n) is 2.80. The first-order valence-electron chi connectivity index (χ1n) is 5.49. The summed E-state index contributed by atoms with van der Waals surface area (Å²) in [5.74, 6) is 0. The number of rotatable bonds is 2. The van der Waals surface area contributed by atoms with Crippen LogP contribution in [0.3, 0.4) is 0 Å². The highest BCUT2D eigenvalue weighted by Gasteiger charge is 2.22. The zero-order chi connectivity index (χ0) is 15.9. The number of hydrogen-bond acceptors (Lipinski definition) is 1. The Morgan fingerprint density at radius 2 is 1.38 bits per heavy atom. The number of thiol groups is 1. The van der Waals surface area contributed by atoms with Gasteiger partial charge in [-0.3, -0.25) is 0 Å². The molecule has 112 valence electrons. The second kappa shape index (κ2) is 7.14. The maximum absolute atomic E-state index is 6.32. The molecule has 8 heteroatoms. The van der Waals surface area contributed by atoms with Gasteiger partial charge in [-0.05, 0) is 38.2 Å². The van der Waals surface area contributed by atoms with Crippen molar-refractivity contribution in [3.63, 3.8) is 0 Å². The largest absolute Gasteiger partial charge is 0.102 e. The molecule has 0 heterocycles. The van der Waals surface area contributed by atoms with Crippen molar-refractivity contribution in [2.24, 2.45) is 0 Å². The summed E-state index contributed by atoms with van der Waals surface area (Å²) in [4.78, 5) is 0.831. The highest BCUT2D eigenvalue weighted by Crippen LogP contribution is 2.49. The number of halogens is 5. The lowest BCUT2D eigenvalue weighted by Crippen LogP contribution is -1.93. The number of aryl methyl sites for hydroxylation is 1. The van der Waals surface area contributed by atoms with Crippen LogP contribution in [0.5, 0.6) is 0 Å². The van der Waals surface area contributed by atoms with Crippen molar-refractivity contribution in [2.45, 2.75) is 11.8 Å². The summed E-state index contributed by atoms with van der Waals surface area (Å²) < 4.78 is 0. The Morgan fingerprint density at radius 1 is 0.905 bits per heavy atom. The summed E-state index contributed by atoms with van der Waals surface area (Å²) >= 11 is 40.5. The van der Waals surface area contributed by atoms with E-state index in [1.54, 1.807) is 0 Å². The van der Waals surface area contributed by atoms with E-state index >= 15 is 0 Å². The van der Waals surface area contributed by atoms with Gasteiger partial charge in [-0.15, -0.1) is 11.7 Å². The van der Waals surface area contributed by atoms with Crippen LogP contribution in [0.15, 0.2) is 23.1 Å². The van der Waals surface area contributed by atoms with E-state index in [9.17, 15) is 0 Å². The van der Waals surface area contributed by atoms with Crippen molar-refractivity contribution >= 4 is 89.3 Å². The molecule has 0 spiro atoms. The summed E-state index contributed by atoms with van der Waals surface area (Å²) in [5, 5.41) is 0.958. The molecule has 0 aliphatic heterocycles. The normalized spacial score (nSPS) is 12.5. The van der Waals surface area contributed by atoms with Gasteiger partial charge < -0.3 is 0 Å². The first-order chi connectivity index (χ1) is 9.75. The molecule has 2 rings (SSSR count). The van der Waals surface area contributed by atoms with Crippen LogP contribution in [0, 0.1) is 6.92 Å². The zero-order valence-electron chi connectivity index (χ0n) is 10.4. The van der Waals surface area contributed by atoms with E-state index in [1.807, 2.05) is 25.1 Å². The molecule has 0 aliphatic rings. The van der Waals surface area contributed by atoms with E-state index < -0.39 is 8.49 Å². The van der Waals surface area contributed by atoms with Crippen LogP contribution in [-0.2, 0) is 19.7 Å². The average molecular weight is 437 g/mol. The molecule has 0 bridgehead atoms. The topological polar surface area (TPSA) is 0 Å². The Labute approximate surface area is 160 Å². The van der Waals surface area contributed by atoms with Crippen LogP contribution in [0.1, 0.15) is 5.56 Å². The van der Waals surface area contributed by atoms with Gasteiger partial charge in [0.1, 0.15) is 0 Å². The predicted octanol–water partition coefficient (Wildman–Crippen LogP) is 7.21. The third kappa shape index (κ3) is 3.51. The van der Waals surface area contributed by atoms with E-state index in [4.69, 9.17) is 69.2 Å². The molecule has 0 fully saturated rings. The van der Waals surface area contributed by atoms with E-state index in [1.165, 1.54) is 0 Å². The Kier molecular flexibility index (Phi) is 6.18. The summed E-state index contributed by atoms with van der Waals surface area (Å²) in [7, 11) is -0.693. The fraction of sp³-hybridized carbons (Fsp3) is 0.0769. The molecule has 2 aromatic rings. The Hall–Kier alpha value is 0.810. The van der Waals surface area contributed by atoms with E-state index in [2.05, 4.69) is 11.7 Å². The van der Waals surface area contributed by atoms with Crippen molar-refractivity contribution in [3.8, 4) is 11.1 Å². The van der Waals surface area contributed by atoms with Crippen molar-refractivity contribution in [2.75, 3.05) is 0 Å². The van der Waals surface area contributed by atoms with Crippen LogP contribution in [-0.4, -0.2) is 0 Å². The lowest BCUT2D eigenvalue weighted by molar-refractivity contribution is 1.38. The van der Waals surface area contributed by atoms with Gasteiger partial charge in [0.2, 0.25) is 0 Å². The minimum Gasteiger partial charge on any atom is -0.102 e. The SMILES string of the molecule is Cc1ccc(S(=S)S)c(-c2c(Cl)c(Cl)c(Cl)c(Cl)c2Cl)c1. The van der Waals surface area contributed by atoms with Gasteiger partial charge in [0, 0.05) is 10.5 Å². The molecule has 0 aromatic heterocycles. The van der Waals surface area contributed by atoms with Crippen molar-refractivity contribution < 1.29 is 0 Å². The second-order valence-electron chi connectivity index (χ2n) is 4.19. The van der Waals surface area contributed by atoms with Crippen molar-refractivity contribution in [1.29, 1.82) is 0 Å². The maximum Gasteiger partial charge on any atom is 0.0809 e. The van der Waals surface area contributed by atoms with Gasteiger partial charge in [-0.2, -0.15) is 0 Å². The Bertz CT molecular complexity index is 729. The van der Waals surface area contributed by atoms with Gasteiger partial charge in [-0.25, -0.2) is 0 Å². The molecule has 0 saturated carbocycles. The standard InChI is InChI=1S/C13H7Cl5S3/c1-5-2-3-7(21(19)20)6(4-5)8-9(14)11(16)13(18)12(17)10(8)15/h2-4H,1H3,(H,19,20). The monoisotopic (exact) mass is 434 g/mol. The average Bonchev–Trinajstić information content (AvgIpc) is 2.43. The van der Waals surface area contributed by atoms with Gasteiger partial charge in [-0.1, -0.05) is 75.7 Å². The summed E-state index contributed by atoms with van der Waals surface area (Å²) in [6.07, 6.45) is 0. The first-order valence-corrected chi connectivity index (χ1v) is 10.6. The van der Waals surface area contributed by atoms with Crippen molar-refractivity contribution in [3.05, 3.63) is 48.9 Å². The van der Waals surface area contributed by atoms with Crippen LogP contribution in [0.25, 0.3) is 11.1 Å². The molecular formula is C13H7Cl5S3. The molecule has 0 aliphatic carbocycles. The summed E-state index contributed by atoms with van der Waals surface area (Å²) in [6, 6.07) is 5.77. The Balaban J connectivity index is 2.92. The molecular weight excluding hydrogens is 430 g/mol. The minimum absolute atomic E-state index is 0.134. The van der Waals surface area contributed by atoms with Crippen LogP contribution in [0.4, 0.5) is 0 Å². The highest BCUT2D eigenvalue weighted by molar-refractivity contribution is 8.76. The van der Waals surface area contributed by atoms with E-state index in [-0.39, 0.29) is 25.1 Å².